The first-order valence-electron chi connectivity index (χ1n) is 6.77. The lowest BCUT2D eigenvalue weighted by atomic mass is 9.90. The van der Waals surface area contributed by atoms with Gasteiger partial charge in [-0.15, -0.1) is 11.3 Å². The van der Waals surface area contributed by atoms with E-state index in [0.29, 0.717) is 12.7 Å². The maximum Gasteiger partial charge on any atom is 0.317 e. The Morgan fingerprint density at radius 3 is 3.05 bits per heavy atom. The third-order valence-corrected chi connectivity index (χ3v) is 4.28. The molecule has 0 amide bonds. The summed E-state index contributed by atoms with van der Waals surface area (Å²) >= 11 is 1.60. The van der Waals surface area contributed by atoms with Gasteiger partial charge in [0.2, 0.25) is 0 Å². The van der Waals surface area contributed by atoms with Gasteiger partial charge in [0.15, 0.2) is 0 Å². The van der Waals surface area contributed by atoms with E-state index in [4.69, 9.17) is 9.47 Å². The number of aromatic nitrogens is 1. The Hall–Kier alpha value is -0.940. The zero-order chi connectivity index (χ0) is 13.9. The molecule has 0 N–H and O–H groups in total. The molecule has 1 aromatic rings. The second kappa shape index (κ2) is 6.01. The van der Waals surface area contributed by atoms with Crippen LogP contribution in [0.5, 0.6) is 0 Å². The molecule has 1 unspecified atom stereocenters. The van der Waals surface area contributed by atoms with E-state index >= 15 is 0 Å². The molecule has 2 rings (SSSR count). The Morgan fingerprint density at radius 2 is 2.42 bits per heavy atom. The maximum absolute atomic E-state index is 11.9. The highest BCUT2D eigenvalue weighted by atomic mass is 32.1. The standard InChI is InChI=1S/C14H21NO3S/c1-4-17-13(16)14(2,3)11-9-19-12(15-11)8-10-6-5-7-18-10/h9-10H,4-8H2,1-3H3. The average Bonchev–Trinajstić information content (AvgIpc) is 3.01. The van der Waals surface area contributed by atoms with Gasteiger partial charge in [0.25, 0.3) is 0 Å². The molecule has 1 aliphatic heterocycles. The van der Waals surface area contributed by atoms with Crippen LogP contribution in [-0.2, 0) is 26.1 Å². The Labute approximate surface area is 118 Å². The van der Waals surface area contributed by atoms with Gasteiger partial charge in [-0.2, -0.15) is 0 Å². The minimum atomic E-state index is -0.679. The second-order valence-electron chi connectivity index (χ2n) is 5.31. The first kappa shape index (κ1) is 14.5. The van der Waals surface area contributed by atoms with Crippen molar-refractivity contribution in [3.8, 4) is 0 Å². The fourth-order valence-electron chi connectivity index (χ4n) is 2.11. The lowest BCUT2D eigenvalue weighted by Gasteiger charge is -2.19. The molecule has 5 heteroatoms. The number of hydrogen-bond acceptors (Lipinski definition) is 5. The zero-order valence-corrected chi connectivity index (χ0v) is 12.6. The third kappa shape index (κ3) is 3.34. The molecule has 19 heavy (non-hydrogen) atoms. The summed E-state index contributed by atoms with van der Waals surface area (Å²) in [4.78, 5) is 16.5. The molecule has 1 saturated heterocycles. The molecule has 0 aromatic carbocycles. The minimum Gasteiger partial charge on any atom is -0.465 e. The van der Waals surface area contributed by atoms with Gasteiger partial charge in [-0.3, -0.25) is 4.79 Å². The highest BCUT2D eigenvalue weighted by Gasteiger charge is 2.34. The third-order valence-electron chi connectivity index (χ3n) is 3.40. The van der Waals surface area contributed by atoms with Gasteiger partial charge in [0.05, 0.1) is 23.4 Å². The largest absolute Gasteiger partial charge is 0.465 e. The molecular weight excluding hydrogens is 262 g/mol. The molecule has 2 heterocycles. The summed E-state index contributed by atoms with van der Waals surface area (Å²) in [5.74, 6) is -0.219. The van der Waals surface area contributed by atoms with Crippen molar-refractivity contribution in [1.29, 1.82) is 0 Å². The number of hydrogen-bond donors (Lipinski definition) is 0. The number of nitrogens with zero attached hydrogens (tertiary/aromatic N) is 1. The number of esters is 1. The molecule has 1 atom stereocenters. The summed E-state index contributed by atoms with van der Waals surface area (Å²) in [6, 6.07) is 0. The van der Waals surface area contributed by atoms with Crippen LogP contribution in [0.2, 0.25) is 0 Å². The molecule has 0 saturated carbocycles. The van der Waals surface area contributed by atoms with E-state index in [2.05, 4.69) is 4.98 Å². The fraction of sp³-hybridized carbons (Fsp3) is 0.714. The lowest BCUT2D eigenvalue weighted by Crippen LogP contribution is -2.31. The monoisotopic (exact) mass is 283 g/mol. The van der Waals surface area contributed by atoms with Gasteiger partial charge < -0.3 is 9.47 Å². The first-order valence-corrected chi connectivity index (χ1v) is 7.65. The summed E-state index contributed by atoms with van der Waals surface area (Å²) in [5.41, 5.74) is 0.116. The Balaban J connectivity index is 2.04. The molecule has 0 bridgehead atoms. The van der Waals surface area contributed by atoms with E-state index in [-0.39, 0.29) is 5.97 Å². The van der Waals surface area contributed by atoms with E-state index in [1.54, 1.807) is 11.3 Å². The Morgan fingerprint density at radius 1 is 1.63 bits per heavy atom. The van der Waals surface area contributed by atoms with E-state index in [9.17, 15) is 4.79 Å². The van der Waals surface area contributed by atoms with Crippen molar-refractivity contribution in [3.63, 3.8) is 0 Å². The molecule has 1 aromatic heterocycles. The van der Waals surface area contributed by atoms with Crippen LogP contribution in [0, 0.1) is 0 Å². The number of carbonyl (C=O) groups is 1. The normalized spacial score (nSPS) is 19.6. The van der Waals surface area contributed by atoms with Crippen molar-refractivity contribution < 1.29 is 14.3 Å². The van der Waals surface area contributed by atoms with Crippen LogP contribution in [0.1, 0.15) is 44.3 Å². The second-order valence-corrected chi connectivity index (χ2v) is 6.25. The van der Waals surface area contributed by atoms with Crippen LogP contribution in [0.3, 0.4) is 0 Å². The van der Waals surface area contributed by atoms with E-state index in [1.807, 2.05) is 26.2 Å². The first-order chi connectivity index (χ1) is 9.04. The number of thiazole rings is 1. The van der Waals surface area contributed by atoms with Crippen LogP contribution in [0.15, 0.2) is 5.38 Å². The van der Waals surface area contributed by atoms with Gasteiger partial charge in [0, 0.05) is 18.4 Å². The summed E-state index contributed by atoms with van der Waals surface area (Å²) in [6.45, 7) is 6.79. The van der Waals surface area contributed by atoms with Crippen molar-refractivity contribution in [2.75, 3.05) is 13.2 Å². The molecule has 1 aliphatic rings. The molecular formula is C14H21NO3S. The predicted molar refractivity (Wildman–Crippen MR) is 74.5 cm³/mol. The van der Waals surface area contributed by atoms with Gasteiger partial charge in [-0.1, -0.05) is 0 Å². The predicted octanol–water partition coefficient (Wildman–Crippen LogP) is 2.71. The van der Waals surface area contributed by atoms with Gasteiger partial charge in [0.1, 0.15) is 5.41 Å². The van der Waals surface area contributed by atoms with E-state index < -0.39 is 5.41 Å². The Bertz CT molecular complexity index is 436. The molecule has 0 aliphatic carbocycles. The van der Waals surface area contributed by atoms with Crippen LogP contribution >= 0.6 is 11.3 Å². The minimum absolute atomic E-state index is 0.219. The SMILES string of the molecule is CCOC(=O)C(C)(C)c1csc(CC2CCCO2)n1. The van der Waals surface area contributed by atoms with Gasteiger partial charge in [-0.05, 0) is 33.6 Å². The summed E-state index contributed by atoms with van der Waals surface area (Å²) in [5, 5.41) is 3.00. The summed E-state index contributed by atoms with van der Waals surface area (Å²) in [7, 11) is 0. The molecule has 4 nitrogen and oxygen atoms in total. The molecule has 0 spiro atoms. The topological polar surface area (TPSA) is 48.4 Å². The molecule has 0 radical (unpaired) electrons. The van der Waals surface area contributed by atoms with Crippen LogP contribution in [0.4, 0.5) is 0 Å². The van der Waals surface area contributed by atoms with Crippen molar-refractivity contribution in [3.05, 3.63) is 16.1 Å². The van der Waals surface area contributed by atoms with E-state index in [1.165, 1.54) is 0 Å². The van der Waals surface area contributed by atoms with Gasteiger partial charge >= 0.3 is 5.97 Å². The zero-order valence-electron chi connectivity index (χ0n) is 11.8. The van der Waals surface area contributed by atoms with Crippen LogP contribution < -0.4 is 0 Å². The number of ether oxygens (including phenoxy) is 2. The lowest BCUT2D eigenvalue weighted by molar-refractivity contribution is -0.148. The Kier molecular flexibility index (Phi) is 4.58. The average molecular weight is 283 g/mol. The van der Waals surface area contributed by atoms with Crippen LogP contribution in [0.25, 0.3) is 0 Å². The van der Waals surface area contributed by atoms with Gasteiger partial charge in [-0.25, -0.2) is 4.98 Å². The van der Waals surface area contributed by atoms with Crippen molar-refractivity contribution >= 4 is 17.3 Å². The highest BCUT2D eigenvalue weighted by Crippen LogP contribution is 2.28. The van der Waals surface area contributed by atoms with E-state index in [0.717, 1.165) is 36.6 Å². The van der Waals surface area contributed by atoms with Crippen LogP contribution in [-0.4, -0.2) is 30.3 Å². The van der Waals surface area contributed by atoms with Crippen molar-refractivity contribution in [2.45, 2.75) is 51.6 Å². The highest BCUT2D eigenvalue weighted by molar-refractivity contribution is 7.09. The molecule has 1 fully saturated rings. The fourth-order valence-corrected chi connectivity index (χ4v) is 3.14. The smallest absolute Gasteiger partial charge is 0.317 e. The summed E-state index contributed by atoms with van der Waals surface area (Å²) < 4.78 is 10.7. The van der Waals surface area contributed by atoms with Crippen molar-refractivity contribution in [2.24, 2.45) is 0 Å². The quantitative estimate of drug-likeness (QED) is 0.780. The maximum atomic E-state index is 11.9. The number of rotatable bonds is 5. The summed E-state index contributed by atoms with van der Waals surface area (Å²) in [6.07, 6.45) is 3.39. The molecule has 106 valence electrons. The number of carbonyl (C=O) groups excluding carboxylic acids is 1. The van der Waals surface area contributed by atoms with Crippen molar-refractivity contribution in [1.82, 2.24) is 4.98 Å².